The minimum absolute atomic E-state index is 0.00659. The Hall–Kier alpha value is -2.85. The molecule has 2 heterocycles. The molecule has 3 rings (SSSR count). The number of benzene rings is 1. The maximum Gasteiger partial charge on any atom is 0.338 e. The van der Waals surface area contributed by atoms with Crippen molar-refractivity contribution in [3.8, 4) is 5.75 Å². The van der Waals surface area contributed by atoms with Crippen molar-refractivity contribution in [2.75, 3.05) is 19.5 Å². The number of thiophene rings is 1. The zero-order valence-electron chi connectivity index (χ0n) is 15.8. The van der Waals surface area contributed by atoms with E-state index in [4.69, 9.17) is 9.47 Å². The monoisotopic (exact) mass is 436 g/mol. The largest absolute Gasteiger partial charge is 0.494 e. The number of carbonyl (C=O) groups is 2. The zero-order valence-corrected chi connectivity index (χ0v) is 17.4. The van der Waals surface area contributed by atoms with E-state index in [0.29, 0.717) is 17.9 Å². The van der Waals surface area contributed by atoms with Gasteiger partial charge in [0.2, 0.25) is 0 Å². The van der Waals surface area contributed by atoms with Crippen LogP contribution in [0.25, 0.3) is 0 Å². The number of amides is 2. The van der Waals surface area contributed by atoms with Crippen molar-refractivity contribution >= 4 is 33.2 Å². The molecule has 0 saturated carbocycles. The molecule has 10 heteroatoms. The first-order chi connectivity index (χ1) is 13.9. The first kappa shape index (κ1) is 20.9. The van der Waals surface area contributed by atoms with Crippen molar-refractivity contribution < 1.29 is 27.5 Å². The van der Waals surface area contributed by atoms with Crippen molar-refractivity contribution in [1.29, 1.82) is 0 Å². The van der Waals surface area contributed by atoms with Gasteiger partial charge in [-0.1, -0.05) is 18.2 Å². The number of hydrogen-bond donors (Lipinski definition) is 2. The smallest absolute Gasteiger partial charge is 0.338 e. The van der Waals surface area contributed by atoms with Crippen LogP contribution in [-0.4, -0.2) is 39.9 Å². The van der Waals surface area contributed by atoms with Crippen molar-refractivity contribution in [3.63, 3.8) is 0 Å². The van der Waals surface area contributed by atoms with Crippen LogP contribution < -0.4 is 15.4 Å². The van der Waals surface area contributed by atoms with Crippen LogP contribution in [0.5, 0.6) is 5.75 Å². The lowest BCUT2D eigenvalue weighted by Crippen LogP contribution is -2.47. The normalized spacial score (nSPS) is 16.8. The van der Waals surface area contributed by atoms with E-state index in [0.717, 1.165) is 11.3 Å². The second-order valence-electron chi connectivity index (χ2n) is 6.11. The first-order valence-corrected chi connectivity index (χ1v) is 11.3. The Labute approximate surface area is 172 Å². The fourth-order valence-corrected chi connectivity index (χ4v) is 5.37. The van der Waals surface area contributed by atoms with E-state index in [1.165, 1.54) is 13.2 Å². The predicted octanol–water partition coefficient (Wildman–Crippen LogP) is 2.40. The molecule has 29 heavy (non-hydrogen) atoms. The average Bonchev–Trinajstić information content (AvgIpc) is 3.23. The summed E-state index contributed by atoms with van der Waals surface area (Å²) in [6.45, 7) is 2.36. The quantitative estimate of drug-likeness (QED) is 0.645. The van der Waals surface area contributed by atoms with Crippen LogP contribution in [-0.2, 0) is 19.4 Å². The molecule has 0 bridgehead atoms. The molecule has 1 atom stereocenters. The molecule has 1 aliphatic heterocycles. The van der Waals surface area contributed by atoms with Gasteiger partial charge in [-0.25, -0.2) is 18.0 Å². The van der Waals surface area contributed by atoms with Gasteiger partial charge in [0, 0.05) is 5.70 Å². The van der Waals surface area contributed by atoms with Gasteiger partial charge in [0.25, 0.3) is 0 Å². The van der Waals surface area contributed by atoms with Crippen molar-refractivity contribution in [1.82, 2.24) is 10.6 Å². The van der Waals surface area contributed by atoms with Gasteiger partial charge in [0.1, 0.15) is 9.96 Å². The zero-order chi connectivity index (χ0) is 21.0. The van der Waals surface area contributed by atoms with E-state index < -0.39 is 33.6 Å². The Morgan fingerprint density at radius 3 is 2.52 bits per heavy atom. The number of nitrogens with one attached hydrogen (secondary N) is 2. The highest BCUT2D eigenvalue weighted by atomic mass is 32.2. The summed E-state index contributed by atoms with van der Waals surface area (Å²) >= 11 is 1.07. The van der Waals surface area contributed by atoms with Gasteiger partial charge in [-0.2, -0.15) is 0 Å². The van der Waals surface area contributed by atoms with Crippen LogP contribution >= 0.6 is 11.3 Å². The van der Waals surface area contributed by atoms with Gasteiger partial charge in [-0.15, -0.1) is 11.3 Å². The summed E-state index contributed by atoms with van der Waals surface area (Å²) in [6.07, 6.45) is 0. The number of methoxy groups -OCH3 is 1. The third kappa shape index (κ3) is 4.60. The number of hydrogen-bond acceptors (Lipinski definition) is 7. The second kappa shape index (κ2) is 8.66. The van der Waals surface area contributed by atoms with E-state index in [-0.39, 0.29) is 15.5 Å². The molecule has 2 amide bonds. The van der Waals surface area contributed by atoms with Gasteiger partial charge < -0.3 is 20.1 Å². The number of rotatable bonds is 7. The van der Waals surface area contributed by atoms with Crippen molar-refractivity contribution in [2.24, 2.45) is 0 Å². The molecular formula is C19H20N2O6S2. The predicted molar refractivity (Wildman–Crippen MR) is 107 cm³/mol. The molecule has 1 unspecified atom stereocenters. The fourth-order valence-electron chi connectivity index (χ4n) is 2.96. The van der Waals surface area contributed by atoms with Gasteiger partial charge in [0.15, 0.2) is 9.84 Å². The van der Waals surface area contributed by atoms with Crippen LogP contribution in [0.1, 0.15) is 18.5 Å². The first-order valence-electron chi connectivity index (χ1n) is 8.73. The maximum atomic E-state index is 12.7. The van der Waals surface area contributed by atoms with E-state index in [9.17, 15) is 18.0 Å². The van der Waals surface area contributed by atoms with Gasteiger partial charge >= 0.3 is 12.0 Å². The third-order valence-corrected chi connectivity index (χ3v) is 7.35. The van der Waals surface area contributed by atoms with E-state index >= 15 is 0 Å². The molecule has 2 aromatic rings. The lowest BCUT2D eigenvalue weighted by atomic mass is 9.95. The molecule has 0 saturated heterocycles. The summed E-state index contributed by atoms with van der Waals surface area (Å²) in [5.41, 5.74) is 0.624. The molecule has 154 valence electrons. The Morgan fingerprint density at radius 2 is 1.93 bits per heavy atom. The standard InChI is InChI=1S/C19H20N2O6S2/c1-3-27-13-8-6-12(7-9-13)17-16(18(22)26-2)14(20-19(23)21-17)11-29(24,25)15-5-4-10-28-15/h4-10,17H,3,11H2,1-2H3,(H2,20,21,23). The average molecular weight is 437 g/mol. The highest BCUT2D eigenvalue weighted by Gasteiger charge is 2.35. The molecule has 2 N–H and O–H groups in total. The minimum Gasteiger partial charge on any atom is -0.494 e. The Balaban J connectivity index is 2.04. The van der Waals surface area contributed by atoms with Gasteiger partial charge in [-0.05, 0) is 36.1 Å². The number of ether oxygens (including phenoxy) is 2. The molecular weight excluding hydrogens is 416 g/mol. The lowest BCUT2D eigenvalue weighted by Gasteiger charge is -2.29. The number of esters is 1. The minimum atomic E-state index is -3.74. The molecule has 0 fully saturated rings. The third-order valence-electron chi connectivity index (χ3n) is 4.22. The second-order valence-corrected chi connectivity index (χ2v) is 9.27. The van der Waals surface area contributed by atoms with Gasteiger partial charge in [-0.3, -0.25) is 0 Å². The summed E-state index contributed by atoms with van der Waals surface area (Å²) in [6, 6.07) is 8.47. The molecule has 0 aliphatic carbocycles. The van der Waals surface area contributed by atoms with E-state index in [2.05, 4.69) is 10.6 Å². The Kier molecular flexibility index (Phi) is 6.23. The summed E-state index contributed by atoms with van der Waals surface area (Å²) in [5.74, 6) is -0.618. The molecule has 0 radical (unpaired) electrons. The summed E-state index contributed by atoms with van der Waals surface area (Å²) in [5, 5.41) is 6.76. The molecule has 1 aromatic heterocycles. The van der Waals surface area contributed by atoms with Crippen LogP contribution in [0.3, 0.4) is 0 Å². The van der Waals surface area contributed by atoms with Crippen LogP contribution in [0, 0.1) is 0 Å². The number of sulfone groups is 1. The van der Waals surface area contributed by atoms with Gasteiger partial charge in [0.05, 0.1) is 31.1 Å². The number of urea groups is 1. The SMILES string of the molecule is CCOc1ccc(C2NC(=O)NC(CS(=O)(=O)c3cccs3)=C2C(=O)OC)cc1. The lowest BCUT2D eigenvalue weighted by molar-refractivity contribution is -0.136. The number of carbonyl (C=O) groups excluding carboxylic acids is 2. The van der Waals surface area contributed by atoms with E-state index in [1.807, 2.05) is 6.92 Å². The van der Waals surface area contributed by atoms with E-state index in [1.54, 1.807) is 35.7 Å². The fraction of sp³-hybridized carbons (Fsp3) is 0.263. The topological polar surface area (TPSA) is 111 Å². The summed E-state index contributed by atoms with van der Waals surface area (Å²) < 4.78 is 35.9. The van der Waals surface area contributed by atoms with Crippen molar-refractivity contribution in [3.05, 3.63) is 58.6 Å². The highest BCUT2D eigenvalue weighted by Crippen LogP contribution is 2.30. The summed E-state index contributed by atoms with van der Waals surface area (Å²) in [7, 11) is -2.54. The maximum absolute atomic E-state index is 12.7. The van der Waals surface area contributed by atoms with Crippen LogP contribution in [0.15, 0.2) is 57.3 Å². The molecule has 0 spiro atoms. The Bertz CT molecular complexity index is 1030. The Morgan fingerprint density at radius 1 is 1.21 bits per heavy atom. The highest BCUT2D eigenvalue weighted by molar-refractivity contribution is 7.93. The molecule has 1 aliphatic rings. The molecule has 8 nitrogen and oxygen atoms in total. The summed E-state index contributed by atoms with van der Waals surface area (Å²) in [4.78, 5) is 24.8. The molecule has 1 aromatic carbocycles. The van der Waals surface area contributed by atoms with Crippen molar-refractivity contribution in [2.45, 2.75) is 17.2 Å². The van der Waals surface area contributed by atoms with Crippen LogP contribution in [0.4, 0.5) is 4.79 Å². The van der Waals surface area contributed by atoms with Crippen LogP contribution in [0.2, 0.25) is 0 Å².